The van der Waals surface area contributed by atoms with E-state index in [0.29, 0.717) is 17.2 Å². The Bertz CT molecular complexity index is 913. The van der Waals surface area contributed by atoms with Gasteiger partial charge in [-0.3, -0.25) is 0 Å². The standard InChI is InChI=1S/C20H19NO4/c1-13-17(20(22)23)12-18(21(13)14-7-5-4-6-8-14)16-10-9-15(24-2)11-19(16)25-3/h4-12H,1-3H3,(H,22,23). The van der Waals surface area contributed by atoms with Gasteiger partial charge in [-0.05, 0) is 37.3 Å². The molecule has 5 nitrogen and oxygen atoms in total. The minimum absolute atomic E-state index is 0.261. The quantitative estimate of drug-likeness (QED) is 0.759. The van der Waals surface area contributed by atoms with Crippen molar-refractivity contribution >= 4 is 5.97 Å². The van der Waals surface area contributed by atoms with Gasteiger partial charge in [-0.25, -0.2) is 4.79 Å². The number of hydrogen-bond donors (Lipinski definition) is 1. The predicted molar refractivity (Wildman–Crippen MR) is 96.0 cm³/mol. The van der Waals surface area contributed by atoms with Crippen LogP contribution in [-0.2, 0) is 0 Å². The summed E-state index contributed by atoms with van der Waals surface area (Å²) in [5, 5.41) is 9.54. The molecule has 3 aromatic rings. The number of ether oxygens (including phenoxy) is 2. The lowest BCUT2D eigenvalue weighted by Gasteiger charge is -2.15. The Morgan fingerprint density at radius 3 is 2.32 bits per heavy atom. The molecule has 3 rings (SSSR count). The van der Waals surface area contributed by atoms with Crippen LogP contribution in [0.1, 0.15) is 16.1 Å². The van der Waals surface area contributed by atoms with Crippen LogP contribution in [0.25, 0.3) is 16.9 Å². The Morgan fingerprint density at radius 2 is 1.72 bits per heavy atom. The van der Waals surface area contributed by atoms with Gasteiger partial charge in [-0.15, -0.1) is 0 Å². The maximum atomic E-state index is 11.6. The third kappa shape index (κ3) is 2.96. The van der Waals surface area contributed by atoms with Crippen LogP contribution in [0.3, 0.4) is 0 Å². The van der Waals surface area contributed by atoms with E-state index in [4.69, 9.17) is 9.47 Å². The zero-order valence-electron chi connectivity index (χ0n) is 14.3. The van der Waals surface area contributed by atoms with E-state index in [9.17, 15) is 9.90 Å². The van der Waals surface area contributed by atoms with Gasteiger partial charge in [-0.2, -0.15) is 0 Å². The van der Waals surface area contributed by atoms with Crippen LogP contribution in [0.15, 0.2) is 54.6 Å². The molecule has 0 saturated heterocycles. The molecular formula is C20H19NO4. The Hall–Kier alpha value is -3.21. The van der Waals surface area contributed by atoms with Gasteiger partial charge >= 0.3 is 5.97 Å². The van der Waals surface area contributed by atoms with Gasteiger partial charge in [0.2, 0.25) is 0 Å². The number of aromatic carboxylic acids is 1. The van der Waals surface area contributed by atoms with Gasteiger partial charge in [0.15, 0.2) is 0 Å². The Balaban J connectivity index is 2.30. The van der Waals surface area contributed by atoms with Crippen molar-refractivity contribution in [3.63, 3.8) is 0 Å². The lowest BCUT2D eigenvalue weighted by atomic mass is 10.1. The van der Waals surface area contributed by atoms with E-state index in [-0.39, 0.29) is 5.56 Å². The molecule has 0 radical (unpaired) electrons. The molecule has 0 aliphatic rings. The molecule has 128 valence electrons. The summed E-state index contributed by atoms with van der Waals surface area (Å²) in [7, 11) is 3.17. The number of nitrogens with zero attached hydrogens (tertiary/aromatic N) is 1. The number of carboxylic acids is 1. The second kappa shape index (κ2) is 6.73. The van der Waals surface area contributed by atoms with Crippen LogP contribution in [0.4, 0.5) is 0 Å². The fraction of sp³-hybridized carbons (Fsp3) is 0.150. The third-order valence-electron chi connectivity index (χ3n) is 4.18. The van der Waals surface area contributed by atoms with Crippen LogP contribution in [0, 0.1) is 6.92 Å². The lowest BCUT2D eigenvalue weighted by Crippen LogP contribution is -2.02. The van der Waals surface area contributed by atoms with E-state index in [1.54, 1.807) is 33.3 Å². The van der Waals surface area contributed by atoms with Crippen molar-refractivity contribution in [2.45, 2.75) is 6.92 Å². The average Bonchev–Trinajstić information content (AvgIpc) is 2.99. The van der Waals surface area contributed by atoms with E-state index < -0.39 is 5.97 Å². The van der Waals surface area contributed by atoms with Crippen molar-refractivity contribution in [1.29, 1.82) is 0 Å². The molecule has 5 heteroatoms. The Kier molecular flexibility index (Phi) is 4.48. The summed E-state index contributed by atoms with van der Waals surface area (Å²) in [6.07, 6.45) is 0. The highest BCUT2D eigenvalue weighted by molar-refractivity contribution is 5.92. The minimum Gasteiger partial charge on any atom is -0.497 e. The minimum atomic E-state index is -0.957. The van der Waals surface area contributed by atoms with E-state index in [1.165, 1.54) is 0 Å². The Morgan fingerprint density at radius 1 is 1.00 bits per heavy atom. The number of aromatic nitrogens is 1. The third-order valence-corrected chi connectivity index (χ3v) is 4.18. The Labute approximate surface area is 146 Å². The van der Waals surface area contributed by atoms with E-state index in [0.717, 1.165) is 16.9 Å². The van der Waals surface area contributed by atoms with Crippen LogP contribution >= 0.6 is 0 Å². The SMILES string of the molecule is COc1ccc(-c2cc(C(=O)O)c(C)n2-c2ccccc2)c(OC)c1. The monoisotopic (exact) mass is 337 g/mol. The summed E-state index contributed by atoms with van der Waals surface area (Å²) in [5.74, 6) is 0.334. The van der Waals surface area contributed by atoms with Crippen LogP contribution in [0.2, 0.25) is 0 Å². The van der Waals surface area contributed by atoms with Crippen molar-refractivity contribution < 1.29 is 19.4 Å². The zero-order valence-corrected chi connectivity index (χ0v) is 14.3. The van der Waals surface area contributed by atoms with Crippen molar-refractivity contribution in [3.8, 4) is 28.4 Å². The molecule has 0 amide bonds. The first-order valence-corrected chi connectivity index (χ1v) is 7.80. The maximum Gasteiger partial charge on any atom is 0.337 e. The number of para-hydroxylation sites is 1. The summed E-state index contributed by atoms with van der Waals surface area (Å²) < 4.78 is 12.7. The molecule has 0 spiro atoms. The fourth-order valence-corrected chi connectivity index (χ4v) is 2.94. The van der Waals surface area contributed by atoms with Crippen LogP contribution < -0.4 is 9.47 Å². The van der Waals surface area contributed by atoms with Crippen molar-refractivity contribution in [3.05, 3.63) is 65.9 Å². The summed E-state index contributed by atoms with van der Waals surface area (Å²) in [5.41, 5.74) is 3.35. The summed E-state index contributed by atoms with van der Waals surface area (Å²) in [6, 6.07) is 16.8. The largest absolute Gasteiger partial charge is 0.497 e. The number of hydrogen-bond acceptors (Lipinski definition) is 3. The maximum absolute atomic E-state index is 11.6. The average molecular weight is 337 g/mol. The summed E-state index contributed by atoms with van der Waals surface area (Å²) >= 11 is 0. The smallest absolute Gasteiger partial charge is 0.337 e. The van der Waals surface area contributed by atoms with Crippen molar-refractivity contribution in [2.24, 2.45) is 0 Å². The molecule has 0 aliphatic heterocycles. The molecular weight excluding hydrogens is 318 g/mol. The first-order chi connectivity index (χ1) is 12.1. The van der Waals surface area contributed by atoms with E-state index >= 15 is 0 Å². The van der Waals surface area contributed by atoms with Gasteiger partial charge in [0.1, 0.15) is 11.5 Å². The predicted octanol–water partition coefficient (Wildman–Crippen LogP) is 4.17. The first kappa shape index (κ1) is 16.6. The van der Waals surface area contributed by atoms with Gasteiger partial charge in [-0.1, -0.05) is 18.2 Å². The van der Waals surface area contributed by atoms with Crippen molar-refractivity contribution in [1.82, 2.24) is 4.57 Å². The number of methoxy groups -OCH3 is 2. The molecule has 0 fully saturated rings. The highest BCUT2D eigenvalue weighted by Crippen LogP contribution is 2.37. The first-order valence-electron chi connectivity index (χ1n) is 7.80. The number of carboxylic acid groups (broad SMARTS) is 1. The molecule has 0 aliphatic carbocycles. The molecule has 1 N–H and O–H groups in total. The van der Waals surface area contributed by atoms with Gasteiger partial charge in [0, 0.05) is 23.0 Å². The fourth-order valence-electron chi connectivity index (χ4n) is 2.94. The molecule has 1 aromatic heterocycles. The highest BCUT2D eigenvalue weighted by Gasteiger charge is 2.21. The van der Waals surface area contributed by atoms with Gasteiger partial charge in [0.25, 0.3) is 0 Å². The van der Waals surface area contributed by atoms with Crippen LogP contribution in [-0.4, -0.2) is 29.9 Å². The molecule has 25 heavy (non-hydrogen) atoms. The zero-order chi connectivity index (χ0) is 18.0. The molecule has 1 heterocycles. The molecule has 0 atom stereocenters. The summed E-state index contributed by atoms with van der Waals surface area (Å²) in [6.45, 7) is 1.80. The second-order valence-electron chi connectivity index (χ2n) is 5.57. The van der Waals surface area contributed by atoms with Gasteiger partial charge in [0.05, 0.1) is 25.5 Å². The summed E-state index contributed by atoms with van der Waals surface area (Å²) in [4.78, 5) is 11.6. The molecule has 2 aromatic carbocycles. The number of carbonyl (C=O) groups is 1. The second-order valence-corrected chi connectivity index (χ2v) is 5.57. The van der Waals surface area contributed by atoms with E-state index in [2.05, 4.69) is 0 Å². The number of rotatable bonds is 5. The van der Waals surface area contributed by atoms with E-state index in [1.807, 2.05) is 47.0 Å². The highest BCUT2D eigenvalue weighted by atomic mass is 16.5. The normalized spacial score (nSPS) is 10.5. The van der Waals surface area contributed by atoms with Crippen molar-refractivity contribution in [2.75, 3.05) is 14.2 Å². The molecule has 0 saturated carbocycles. The molecule has 0 bridgehead atoms. The van der Waals surface area contributed by atoms with Gasteiger partial charge < -0.3 is 19.1 Å². The topological polar surface area (TPSA) is 60.7 Å². The molecule has 0 unspecified atom stereocenters. The number of benzene rings is 2. The lowest BCUT2D eigenvalue weighted by molar-refractivity contribution is 0.0696. The van der Waals surface area contributed by atoms with Crippen LogP contribution in [0.5, 0.6) is 11.5 Å².